The van der Waals surface area contributed by atoms with Gasteiger partial charge in [0, 0.05) is 6.54 Å². The van der Waals surface area contributed by atoms with E-state index in [1.54, 1.807) is 6.08 Å². The molecule has 0 aliphatic carbocycles. The van der Waals surface area contributed by atoms with Gasteiger partial charge in [-0.25, -0.2) is 0 Å². The molecule has 0 aliphatic rings. The molecule has 0 atom stereocenters. The summed E-state index contributed by atoms with van der Waals surface area (Å²) in [5, 5.41) is 0. The molecule has 3 nitrogen and oxygen atoms in total. The average Bonchev–Trinajstić information content (AvgIpc) is 2.28. The molecule has 1 aromatic carbocycles. The summed E-state index contributed by atoms with van der Waals surface area (Å²) in [6.07, 6.45) is 2.48. The molecule has 0 fully saturated rings. The van der Waals surface area contributed by atoms with Crippen LogP contribution in [0, 0.1) is 0 Å². The number of aldehydes is 1. The Morgan fingerprint density at radius 1 is 1.31 bits per heavy atom. The van der Waals surface area contributed by atoms with Gasteiger partial charge in [-0.15, -0.1) is 0 Å². The minimum absolute atomic E-state index is 0.369. The highest BCUT2D eigenvalue weighted by Gasteiger charge is 1.97. The third-order valence-corrected chi connectivity index (χ3v) is 2.03. The number of carbonyl (C=O) groups is 1. The number of rotatable bonds is 6. The monoisotopic (exact) mass is 219 g/mol. The van der Waals surface area contributed by atoms with Crippen molar-refractivity contribution in [1.29, 1.82) is 0 Å². The molecule has 0 radical (unpaired) electrons. The maximum Gasteiger partial charge on any atom is 0.184 e. The average molecular weight is 219 g/mol. The van der Waals surface area contributed by atoms with Crippen LogP contribution in [0.5, 0.6) is 0 Å². The summed E-state index contributed by atoms with van der Waals surface area (Å²) < 4.78 is 5.36. The Hall–Kier alpha value is -1.61. The van der Waals surface area contributed by atoms with E-state index in [1.807, 2.05) is 49.3 Å². The topological polar surface area (TPSA) is 29.5 Å². The SMILES string of the molecule is CN(C)CCOC(C=O)=Cc1ccccc1. The lowest BCUT2D eigenvalue weighted by Gasteiger charge is -2.10. The standard InChI is InChI=1S/C13H17NO2/c1-14(2)8-9-16-13(11-15)10-12-6-4-3-5-7-12/h3-7,10-11H,8-9H2,1-2H3. The summed E-state index contributed by atoms with van der Waals surface area (Å²) in [7, 11) is 3.93. The molecule has 0 aromatic heterocycles. The Morgan fingerprint density at radius 3 is 2.56 bits per heavy atom. The zero-order chi connectivity index (χ0) is 11.8. The summed E-state index contributed by atoms with van der Waals surface area (Å²) in [6.45, 7) is 1.31. The summed E-state index contributed by atoms with van der Waals surface area (Å²) in [5.41, 5.74) is 0.967. The van der Waals surface area contributed by atoms with E-state index in [2.05, 4.69) is 0 Å². The van der Waals surface area contributed by atoms with Crippen LogP contribution in [0.3, 0.4) is 0 Å². The van der Waals surface area contributed by atoms with Crippen molar-refractivity contribution in [3.8, 4) is 0 Å². The van der Waals surface area contributed by atoms with Crippen LogP contribution in [-0.2, 0) is 9.53 Å². The van der Waals surface area contributed by atoms with Crippen LogP contribution in [0.1, 0.15) is 5.56 Å². The second-order valence-electron chi connectivity index (χ2n) is 3.73. The lowest BCUT2D eigenvalue weighted by molar-refractivity contribution is -0.107. The van der Waals surface area contributed by atoms with Gasteiger partial charge in [0.1, 0.15) is 6.61 Å². The van der Waals surface area contributed by atoms with Gasteiger partial charge in [-0.05, 0) is 25.7 Å². The number of nitrogens with zero attached hydrogens (tertiary/aromatic N) is 1. The van der Waals surface area contributed by atoms with Crippen LogP contribution in [-0.4, -0.2) is 38.4 Å². The Kier molecular flexibility index (Phi) is 5.29. The first kappa shape index (κ1) is 12.5. The van der Waals surface area contributed by atoms with Gasteiger partial charge in [-0.3, -0.25) is 4.79 Å². The van der Waals surface area contributed by atoms with Gasteiger partial charge in [0.05, 0.1) is 0 Å². The van der Waals surface area contributed by atoms with E-state index in [9.17, 15) is 4.79 Å². The van der Waals surface area contributed by atoms with Crippen molar-refractivity contribution in [2.75, 3.05) is 27.2 Å². The molecule has 1 aromatic rings. The predicted octanol–water partition coefficient (Wildman–Crippen LogP) is 1.80. The lowest BCUT2D eigenvalue weighted by atomic mass is 10.2. The summed E-state index contributed by atoms with van der Waals surface area (Å²) in [4.78, 5) is 12.8. The number of carbonyl (C=O) groups excluding carboxylic acids is 1. The highest BCUT2D eigenvalue weighted by Crippen LogP contribution is 2.05. The zero-order valence-corrected chi connectivity index (χ0v) is 9.72. The molecule has 0 saturated carbocycles. The quantitative estimate of drug-likeness (QED) is 0.415. The molecule has 16 heavy (non-hydrogen) atoms. The first-order valence-electron chi connectivity index (χ1n) is 5.22. The summed E-state index contributed by atoms with van der Waals surface area (Å²) in [6, 6.07) is 9.64. The predicted molar refractivity (Wildman–Crippen MR) is 65.0 cm³/mol. The fraction of sp³-hybridized carbons (Fsp3) is 0.308. The van der Waals surface area contributed by atoms with Crippen molar-refractivity contribution in [2.24, 2.45) is 0 Å². The number of allylic oxidation sites excluding steroid dienone is 1. The van der Waals surface area contributed by atoms with Crippen LogP contribution < -0.4 is 0 Å². The van der Waals surface area contributed by atoms with E-state index in [1.165, 1.54) is 0 Å². The first-order chi connectivity index (χ1) is 7.72. The van der Waals surface area contributed by atoms with Crippen LogP contribution in [0.15, 0.2) is 36.1 Å². The van der Waals surface area contributed by atoms with Gasteiger partial charge in [-0.2, -0.15) is 0 Å². The van der Waals surface area contributed by atoms with Crippen molar-refractivity contribution in [3.63, 3.8) is 0 Å². The molecule has 0 N–H and O–H groups in total. The van der Waals surface area contributed by atoms with E-state index >= 15 is 0 Å². The van der Waals surface area contributed by atoms with Crippen LogP contribution in [0.25, 0.3) is 6.08 Å². The Labute approximate surface area is 96.3 Å². The largest absolute Gasteiger partial charge is 0.489 e. The van der Waals surface area contributed by atoms with Crippen molar-refractivity contribution < 1.29 is 9.53 Å². The Balaban J connectivity index is 2.54. The van der Waals surface area contributed by atoms with Crippen LogP contribution in [0.2, 0.25) is 0 Å². The van der Waals surface area contributed by atoms with E-state index in [0.717, 1.165) is 18.4 Å². The fourth-order valence-electron chi connectivity index (χ4n) is 1.17. The smallest absolute Gasteiger partial charge is 0.184 e. The van der Waals surface area contributed by atoms with Gasteiger partial charge in [0.15, 0.2) is 12.0 Å². The molecule has 0 saturated heterocycles. The molecule has 0 unspecified atom stereocenters. The summed E-state index contributed by atoms with van der Waals surface area (Å²) in [5.74, 6) is 0.369. The molecule has 0 bridgehead atoms. The Bertz CT molecular complexity index is 344. The van der Waals surface area contributed by atoms with Crippen molar-refractivity contribution in [1.82, 2.24) is 4.90 Å². The second-order valence-corrected chi connectivity index (χ2v) is 3.73. The molecule has 0 heterocycles. The van der Waals surface area contributed by atoms with Gasteiger partial charge >= 0.3 is 0 Å². The van der Waals surface area contributed by atoms with E-state index < -0.39 is 0 Å². The van der Waals surface area contributed by atoms with Gasteiger partial charge in [0.25, 0.3) is 0 Å². The molecule has 3 heteroatoms. The minimum Gasteiger partial charge on any atom is -0.489 e. The van der Waals surface area contributed by atoms with Crippen LogP contribution in [0.4, 0.5) is 0 Å². The van der Waals surface area contributed by atoms with Crippen molar-refractivity contribution in [2.45, 2.75) is 0 Å². The minimum atomic E-state index is 0.369. The highest BCUT2D eigenvalue weighted by atomic mass is 16.5. The maximum absolute atomic E-state index is 10.8. The second kappa shape index (κ2) is 6.80. The molecular weight excluding hydrogens is 202 g/mol. The maximum atomic E-state index is 10.8. The number of likely N-dealkylation sites (N-methyl/N-ethyl adjacent to an activating group) is 1. The fourth-order valence-corrected chi connectivity index (χ4v) is 1.17. The van der Waals surface area contributed by atoms with E-state index in [-0.39, 0.29) is 0 Å². The third kappa shape index (κ3) is 4.75. The molecule has 0 aliphatic heterocycles. The number of hydrogen-bond donors (Lipinski definition) is 0. The molecular formula is C13H17NO2. The van der Waals surface area contributed by atoms with Gasteiger partial charge in [-0.1, -0.05) is 30.3 Å². The number of hydrogen-bond acceptors (Lipinski definition) is 3. The van der Waals surface area contributed by atoms with E-state index in [0.29, 0.717) is 12.4 Å². The number of benzene rings is 1. The van der Waals surface area contributed by atoms with Gasteiger partial charge < -0.3 is 9.64 Å². The normalized spacial score (nSPS) is 11.6. The molecule has 0 spiro atoms. The zero-order valence-electron chi connectivity index (χ0n) is 9.72. The van der Waals surface area contributed by atoms with Gasteiger partial charge in [0.2, 0.25) is 0 Å². The van der Waals surface area contributed by atoms with Crippen LogP contribution >= 0.6 is 0 Å². The van der Waals surface area contributed by atoms with E-state index in [4.69, 9.17) is 4.74 Å². The van der Waals surface area contributed by atoms with Crippen molar-refractivity contribution >= 4 is 12.4 Å². The lowest BCUT2D eigenvalue weighted by Crippen LogP contribution is -2.18. The Morgan fingerprint density at radius 2 is 2.00 bits per heavy atom. The molecule has 1 rings (SSSR count). The summed E-state index contributed by atoms with van der Waals surface area (Å²) >= 11 is 0. The molecule has 0 amide bonds. The first-order valence-corrected chi connectivity index (χ1v) is 5.22. The highest BCUT2D eigenvalue weighted by molar-refractivity contribution is 5.78. The molecule has 86 valence electrons. The third-order valence-electron chi connectivity index (χ3n) is 2.03. The van der Waals surface area contributed by atoms with Crippen molar-refractivity contribution in [3.05, 3.63) is 41.7 Å². The number of ether oxygens (including phenoxy) is 1.